The topological polar surface area (TPSA) is 89.6 Å². The fourth-order valence-corrected chi connectivity index (χ4v) is 3.09. The molecule has 0 unspecified atom stereocenters. The van der Waals surface area contributed by atoms with Crippen LogP contribution in [0.5, 0.6) is 0 Å². The Bertz CT molecular complexity index is 1310. The van der Waals surface area contributed by atoms with Gasteiger partial charge in [-0.25, -0.2) is 19.9 Å². The zero-order valence-corrected chi connectivity index (χ0v) is 16.0. The second-order valence-electron chi connectivity index (χ2n) is 7.02. The predicted octanol–water partition coefficient (Wildman–Crippen LogP) is 5.10. The van der Waals surface area contributed by atoms with Crippen molar-refractivity contribution < 1.29 is 4.42 Å². The van der Waals surface area contributed by atoms with Gasteiger partial charge < -0.3 is 9.73 Å². The molecule has 5 aromatic rings. The summed E-state index contributed by atoms with van der Waals surface area (Å²) >= 11 is 0. The summed E-state index contributed by atoms with van der Waals surface area (Å²) in [6.07, 6.45) is 5.17. The summed E-state index contributed by atoms with van der Waals surface area (Å²) in [7, 11) is 0. The van der Waals surface area contributed by atoms with Crippen molar-refractivity contribution in [2.75, 3.05) is 5.32 Å². The quantitative estimate of drug-likeness (QED) is 0.463. The Kier molecular flexibility index (Phi) is 4.13. The van der Waals surface area contributed by atoms with Gasteiger partial charge in [0.15, 0.2) is 22.9 Å². The van der Waals surface area contributed by atoms with Crippen LogP contribution in [0.1, 0.15) is 25.7 Å². The van der Waals surface area contributed by atoms with Crippen molar-refractivity contribution >= 4 is 33.6 Å². The van der Waals surface area contributed by atoms with Gasteiger partial charge in [-0.15, -0.1) is 0 Å². The number of pyridine rings is 2. The van der Waals surface area contributed by atoms with Crippen LogP contribution < -0.4 is 5.32 Å². The Morgan fingerprint density at radius 3 is 2.62 bits per heavy atom. The average Bonchev–Trinajstić information content (AvgIpc) is 3.18. The van der Waals surface area contributed by atoms with Crippen LogP contribution in [0.25, 0.3) is 33.5 Å². The van der Waals surface area contributed by atoms with E-state index in [2.05, 4.69) is 39.1 Å². The number of hydrogen-bond acceptors (Lipinski definition) is 7. The van der Waals surface area contributed by atoms with Crippen molar-refractivity contribution in [3.63, 3.8) is 0 Å². The number of anilines is 2. The molecule has 7 nitrogen and oxygen atoms in total. The van der Waals surface area contributed by atoms with E-state index < -0.39 is 0 Å². The molecule has 142 valence electrons. The van der Waals surface area contributed by atoms with Crippen molar-refractivity contribution in [3.05, 3.63) is 66.9 Å². The number of oxazole rings is 1. The van der Waals surface area contributed by atoms with Crippen LogP contribution in [0.3, 0.4) is 0 Å². The molecule has 0 aliphatic carbocycles. The summed E-state index contributed by atoms with van der Waals surface area (Å²) in [5.41, 5.74) is 3.94. The molecule has 4 aromatic heterocycles. The molecule has 0 fully saturated rings. The lowest BCUT2D eigenvalue weighted by Gasteiger charge is -2.10. The number of rotatable bonds is 4. The summed E-state index contributed by atoms with van der Waals surface area (Å²) in [5, 5.41) is 4.23. The third kappa shape index (κ3) is 3.27. The maximum absolute atomic E-state index is 5.89. The highest BCUT2D eigenvalue weighted by Crippen LogP contribution is 2.29. The van der Waals surface area contributed by atoms with Crippen molar-refractivity contribution in [2.45, 2.75) is 19.8 Å². The molecule has 0 aliphatic heterocycles. The molecular weight excluding hydrogens is 364 g/mol. The summed E-state index contributed by atoms with van der Waals surface area (Å²) in [4.78, 5) is 22.3. The van der Waals surface area contributed by atoms with Gasteiger partial charge in [-0.2, -0.15) is 0 Å². The largest absolute Gasteiger partial charge is 0.440 e. The summed E-state index contributed by atoms with van der Waals surface area (Å²) in [6, 6.07) is 13.4. The molecule has 0 amide bonds. The van der Waals surface area contributed by atoms with Crippen LogP contribution in [0, 0.1) is 0 Å². The van der Waals surface area contributed by atoms with Gasteiger partial charge in [-0.3, -0.25) is 4.98 Å². The van der Waals surface area contributed by atoms with Gasteiger partial charge in [0.05, 0.1) is 5.39 Å². The van der Waals surface area contributed by atoms with Gasteiger partial charge in [-0.05, 0) is 36.4 Å². The SMILES string of the molecule is CC(C)c1nc2ccc(Nc3nc(-c4ccncc4)nc4ncccc34)cc2o1. The number of fused-ring (bicyclic) bond motifs is 2. The lowest BCUT2D eigenvalue weighted by molar-refractivity contribution is 0.501. The van der Waals surface area contributed by atoms with Crippen molar-refractivity contribution in [1.82, 2.24) is 24.9 Å². The molecule has 4 heterocycles. The van der Waals surface area contributed by atoms with Gasteiger partial charge in [0, 0.05) is 41.8 Å². The minimum Gasteiger partial charge on any atom is -0.440 e. The first-order chi connectivity index (χ1) is 14.2. The predicted molar refractivity (Wildman–Crippen MR) is 112 cm³/mol. The van der Waals surface area contributed by atoms with E-state index >= 15 is 0 Å². The van der Waals surface area contributed by atoms with E-state index in [9.17, 15) is 0 Å². The molecule has 0 radical (unpaired) electrons. The lowest BCUT2D eigenvalue weighted by atomic mass is 10.2. The summed E-state index contributed by atoms with van der Waals surface area (Å²) in [6.45, 7) is 4.12. The number of nitrogens with one attached hydrogen (secondary N) is 1. The highest BCUT2D eigenvalue weighted by molar-refractivity contribution is 5.90. The van der Waals surface area contributed by atoms with E-state index in [0.717, 1.165) is 33.6 Å². The van der Waals surface area contributed by atoms with Gasteiger partial charge in [0.25, 0.3) is 0 Å². The fourth-order valence-electron chi connectivity index (χ4n) is 3.09. The van der Waals surface area contributed by atoms with Gasteiger partial charge >= 0.3 is 0 Å². The van der Waals surface area contributed by atoms with Crippen molar-refractivity contribution in [1.29, 1.82) is 0 Å². The molecule has 0 atom stereocenters. The first-order valence-electron chi connectivity index (χ1n) is 9.38. The smallest absolute Gasteiger partial charge is 0.198 e. The number of hydrogen-bond donors (Lipinski definition) is 1. The highest BCUT2D eigenvalue weighted by Gasteiger charge is 2.13. The van der Waals surface area contributed by atoms with E-state index in [4.69, 9.17) is 9.40 Å². The molecule has 0 aliphatic rings. The third-order valence-electron chi connectivity index (χ3n) is 4.57. The second-order valence-corrected chi connectivity index (χ2v) is 7.02. The Balaban J connectivity index is 1.60. The van der Waals surface area contributed by atoms with Gasteiger partial charge in [-0.1, -0.05) is 13.8 Å². The zero-order chi connectivity index (χ0) is 19.8. The maximum Gasteiger partial charge on any atom is 0.198 e. The number of benzene rings is 1. The summed E-state index contributed by atoms with van der Waals surface area (Å²) < 4.78 is 5.89. The minimum atomic E-state index is 0.235. The minimum absolute atomic E-state index is 0.235. The number of nitrogens with zero attached hydrogens (tertiary/aromatic N) is 5. The first kappa shape index (κ1) is 17.2. The Labute approximate surface area is 166 Å². The fraction of sp³-hybridized carbons (Fsp3) is 0.136. The molecule has 5 rings (SSSR count). The molecule has 0 saturated heterocycles. The molecule has 0 saturated carbocycles. The van der Waals surface area contributed by atoms with E-state index in [1.54, 1.807) is 18.6 Å². The van der Waals surface area contributed by atoms with E-state index in [1.165, 1.54) is 0 Å². The molecule has 0 spiro atoms. The van der Waals surface area contributed by atoms with Crippen LogP contribution >= 0.6 is 0 Å². The third-order valence-corrected chi connectivity index (χ3v) is 4.57. The molecule has 7 heteroatoms. The van der Waals surface area contributed by atoms with E-state index in [-0.39, 0.29) is 5.92 Å². The Hall–Kier alpha value is -3.87. The van der Waals surface area contributed by atoms with Gasteiger partial charge in [0.2, 0.25) is 0 Å². The first-order valence-corrected chi connectivity index (χ1v) is 9.38. The molecular formula is C22H18N6O. The normalized spacial score (nSPS) is 11.4. The standard InChI is InChI=1S/C22H18N6O/c1-13(2)22-26-17-6-5-15(12-18(17)29-22)25-21-16-4-3-9-24-20(16)27-19(28-21)14-7-10-23-11-8-14/h3-13H,1-2H3,(H,24,25,27,28). The van der Waals surface area contributed by atoms with Crippen LogP contribution in [-0.4, -0.2) is 24.9 Å². The Morgan fingerprint density at radius 1 is 0.931 bits per heavy atom. The van der Waals surface area contributed by atoms with Crippen molar-refractivity contribution in [3.8, 4) is 11.4 Å². The van der Waals surface area contributed by atoms with Crippen LogP contribution in [-0.2, 0) is 0 Å². The molecule has 29 heavy (non-hydrogen) atoms. The van der Waals surface area contributed by atoms with E-state index in [1.807, 2.05) is 42.5 Å². The molecule has 1 N–H and O–H groups in total. The van der Waals surface area contributed by atoms with Crippen LogP contribution in [0.15, 0.2) is 65.5 Å². The highest BCUT2D eigenvalue weighted by atomic mass is 16.3. The summed E-state index contributed by atoms with van der Waals surface area (Å²) in [5.74, 6) is 2.23. The van der Waals surface area contributed by atoms with E-state index in [0.29, 0.717) is 17.3 Å². The molecule has 1 aromatic carbocycles. The van der Waals surface area contributed by atoms with Crippen LogP contribution in [0.2, 0.25) is 0 Å². The van der Waals surface area contributed by atoms with Crippen LogP contribution in [0.4, 0.5) is 11.5 Å². The number of aromatic nitrogens is 5. The maximum atomic E-state index is 5.89. The average molecular weight is 382 g/mol. The monoisotopic (exact) mass is 382 g/mol. The second kappa shape index (κ2) is 6.94. The lowest BCUT2D eigenvalue weighted by Crippen LogP contribution is -2.00. The molecule has 0 bridgehead atoms. The Morgan fingerprint density at radius 2 is 1.79 bits per heavy atom. The zero-order valence-electron chi connectivity index (χ0n) is 16.0. The van der Waals surface area contributed by atoms with Gasteiger partial charge in [0.1, 0.15) is 11.3 Å². The van der Waals surface area contributed by atoms with Crippen molar-refractivity contribution in [2.24, 2.45) is 0 Å².